The Morgan fingerprint density at radius 2 is 2.04 bits per heavy atom. The Bertz CT molecular complexity index is 762. The standard InChI is InChI=1S/C17H19NO6/c1-10(18-22)3-4-13-5-6-15(24-13)17-11(8-16(21)23-2)7-12(19)9-14(17)20/h5-7,9,19-20,22H,3-4,8H2,1-2H3/b18-10-. The first-order valence-electron chi connectivity index (χ1n) is 7.33. The van der Waals surface area contributed by atoms with Crippen LogP contribution < -0.4 is 0 Å². The second-order valence-electron chi connectivity index (χ2n) is 5.35. The van der Waals surface area contributed by atoms with E-state index >= 15 is 0 Å². The van der Waals surface area contributed by atoms with Crippen LogP contribution in [0.3, 0.4) is 0 Å². The SMILES string of the molecule is COC(=O)Cc1cc(O)cc(O)c1-c1ccc(CC/C(C)=N\O)o1. The Balaban J connectivity index is 2.34. The van der Waals surface area contributed by atoms with Gasteiger partial charge in [0.05, 0.1) is 24.8 Å². The molecule has 2 aromatic rings. The number of hydrogen-bond donors (Lipinski definition) is 3. The van der Waals surface area contributed by atoms with Gasteiger partial charge in [0.25, 0.3) is 0 Å². The lowest BCUT2D eigenvalue weighted by molar-refractivity contribution is -0.139. The number of aromatic hydroxyl groups is 2. The second kappa shape index (κ2) is 7.54. The minimum absolute atomic E-state index is 0.111. The fraction of sp³-hybridized carbons (Fsp3) is 0.294. The number of furan rings is 1. The number of phenolic OH excluding ortho intramolecular Hbond substituents is 2. The van der Waals surface area contributed by atoms with Crippen LogP contribution in [0.25, 0.3) is 11.3 Å². The summed E-state index contributed by atoms with van der Waals surface area (Å²) in [6.45, 7) is 1.70. The summed E-state index contributed by atoms with van der Waals surface area (Å²) in [5, 5.41) is 31.6. The van der Waals surface area contributed by atoms with Gasteiger partial charge in [-0.2, -0.15) is 0 Å². The second-order valence-corrected chi connectivity index (χ2v) is 5.35. The summed E-state index contributed by atoms with van der Waals surface area (Å²) in [4.78, 5) is 11.6. The number of carbonyl (C=O) groups is 1. The molecular weight excluding hydrogens is 314 g/mol. The maximum absolute atomic E-state index is 11.6. The first kappa shape index (κ1) is 17.4. The molecule has 0 aliphatic heterocycles. The van der Waals surface area contributed by atoms with Crippen LogP contribution in [-0.4, -0.2) is 34.2 Å². The van der Waals surface area contributed by atoms with Gasteiger partial charge in [-0.1, -0.05) is 5.16 Å². The van der Waals surface area contributed by atoms with Crippen LogP contribution in [0.5, 0.6) is 11.5 Å². The topological polar surface area (TPSA) is 112 Å². The molecule has 0 spiro atoms. The number of carbonyl (C=O) groups excluding carboxylic acids is 1. The van der Waals surface area contributed by atoms with Gasteiger partial charge in [0, 0.05) is 12.5 Å². The highest BCUT2D eigenvalue weighted by atomic mass is 16.5. The van der Waals surface area contributed by atoms with Crippen molar-refractivity contribution < 1.29 is 29.4 Å². The van der Waals surface area contributed by atoms with Crippen LogP contribution in [0.4, 0.5) is 0 Å². The summed E-state index contributed by atoms with van der Waals surface area (Å²) in [5.41, 5.74) is 1.30. The predicted molar refractivity (Wildman–Crippen MR) is 86.4 cm³/mol. The molecule has 1 heterocycles. The van der Waals surface area contributed by atoms with Gasteiger partial charge in [0.15, 0.2) is 0 Å². The molecule has 7 nitrogen and oxygen atoms in total. The first-order valence-corrected chi connectivity index (χ1v) is 7.33. The zero-order chi connectivity index (χ0) is 17.7. The molecule has 0 fully saturated rings. The summed E-state index contributed by atoms with van der Waals surface area (Å²) < 4.78 is 10.3. The van der Waals surface area contributed by atoms with E-state index in [-0.39, 0.29) is 17.9 Å². The molecule has 0 bridgehead atoms. The monoisotopic (exact) mass is 333 g/mol. The van der Waals surface area contributed by atoms with Crippen molar-refractivity contribution in [2.45, 2.75) is 26.2 Å². The Morgan fingerprint density at radius 3 is 2.71 bits per heavy atom. The third-order valence-corrected chi connectivity index (χ3v) is 3.56. The molecule has 24 heavy (non-hydrogen) atoms. The van der Waals surface area contributed by atoms with Crippen molar-refractivity contribution in [2.75, 3.05) is 7.11 Å². The number of ether oxygens (including phenoxy) is 1. The van der Waals surface area contributed by atoms with Crippen molar-refractivity contribution in [2.24, 2.45) is 5.16 Å². The highest BCUT2D eigenvalue weighted by molar-refractivity contribution is 5.81. The lowest BCUT2D eigenvalue weighted by Crippen LogP contribution is -2.05. The Kier molecular flexibility index (Phi) is 5.47. The highest BCUT2D eigenvalue weighted by Crippen LogP contribution is 2.37. The van der Waals surface area contributed by atoms with E-state index in [0.717, 1.165) is 0 Å². The molecule has 0 radical (unpaired) electrons. The maximum Gasteiger partial charge on any atom is 0.310 e. The normalized spacial score (nSPS) is 11.5. The number of phenols is 2. The van der Waals surface area contributed by atoms with Gasteiger partial charge in [-0.25, -0.2) is 0 Å². The number of benzene rings is 1. The molecule has 0 saturated heterocycles. The van der Waals surface area contributed by atoms with Gasteiger partial charge in [-0.05, 0) is 37.1 Å². The third kappa shape index (κ3) is 4.07. The molecular formula is C17H19NO6. The molecule has 7 heteroatoms. The number of esters is 1. The van der Waals surface area contributed by atoms with Crippen LogP contribution in [-0.2, 0) is 22.4 Å². The van der Waals surface area contributed by atoms with Gasteiger partial charge < -0.3 is 24.6 Å². The van der Waals surface area contributed by atoms with Crippen LogP contribution in [0.2, 0.25) is 0 Å². The van der Waals surface area contributed by atoms with Crippen molar-refractivity contribution in [3.05, 3.63) is 35.6 Å². The fourth-order valence-corrected chi connectivity index (χ4v) is 2.32. The average molecular weight is 333 g/mol. The molecule has 0 amide bonds. The predicted octanol–water partition coefficient (Wildman–Crippen LogP) is 2.86. The average Bonchev–Trinajstić information content (AvgIpc) is 3.00. The largest absolute Gasteiger partial charge is 0.508 e. The molecule has 3 N–H and O–H groups in total. The van der Waals surface area contributed by atoms with E-state index in [1.165, 1.54) is 19.2 Å². The van der Waals surface area contributed by atoms with E-state index in [0.29, 0.717) is 41.2 Å². The number of aryl methyl sites for hydroxylation is 1. The van der Waals surface area contributed by atoms with Crippen molar-refractivity contribution in [1.29, 1.82) is 0 Å². The minimum atomic E-state index is -0.497. The lowest BCUT2D eigenvalue weighted by Gasteiger charge is -2.10. The van der Waals surface area contributed by atoms with Crippen LogP contribution >= 0.6 is 0 Å². The van der Waals surface area contributed by atoms with Crippen LogP contribution in [0.15, 0.2) is 33.8 Å². The highest BCUT2D eigenvalue weighted by Gasteiger charge is 2.18. The van der Waals surface area contributed by atoms with Crippen molar-refractivity contribution in [3.63, 3.8) is 0 Å². The maximum atomic E-state index is 11.6. The van der Waals surface area contributed by atoms with Crippen LogP contribution in [0.1, 0.15) is 24.7 Å². The molecule has 128 valence electrons. The minimum Gasteiger partial charge on any atom is -0.508 e. The third-order valence-electron chi connectivity index (χ3n) is 3.56. The number of oxime groups is 1. The van der Waals surface area contributed by atoms with Crippen LogP contribution in [0, 0.1) is 0 Å². The van der Waals surface area contributed by atoms with Crippen molar-refractivity contribution in [1.82, 2.24) is 0 Å². The van der Waals surface area contributed by atoms with E-state index in [4.69, 9.17) is 9.62 Å². The molecule has 1 aromatic heterocycles. The summed E-state index contributed by atoms with van der Waals surface area (Å²) in [7, 11) is 1.26. The molecule has 0 atom stereocenters. The van der Waals surface area contributed by atoms with Gasteiger partial charge in [0.2, 0.25) is 0 Å². The molecule has 0 aliphatic rings. The molecule has 1 aromatic carbocycles. The molecule has 0 unspecified atom stereocenters. The van der Waals surface area contributed by atoms with Gasteiger partial charge in [0.1, 0.15) is 23.0 Å². The van der Waals surface area contributed by atoms with Gasteiger partial charge in [-0.15, -0.1) is 0 Å². The number of hydrogen-bond acceptors (Lipinski definition) is 7. The Hall–Kier alpha value is -2.96. The summed E-state index contributed by atoms with van der Waals surface area (Å²) in [6.07, 6.45) is 0.946. The fourth-order valence-electron chi connectivity index (χ4n) is 2.32. The van der Waals surface area contributed by atoms with E-state index in [1.807, 2.05) is 0 Å². The van der Waals surface area contributed by atoms with Gasteiger partial charge >= 0.3 is 5.97 Å². The summed E-state index contributed by atoms with van der Waals surface area (Å²) >= 11 is 0. The van der Waals surface area contributed by atoms with E-state index in [2.05, 4.69) is 9.89 Å². The quantitative estimate of drug-likeness (QED) is 0.324. The first-order chi connectivity index (χ1) is 11.4. The smallest absolute Gasteiger partial charge is 0.310 e. The van der Waals surface area contributed by atoms with Crippen molar-refractivity contribution in [3.8, 4) is 22.8 Å². The molecule has 2 rings (SSSR count). The Labute approximate surface area is 138 Å². The number of nitrogens with zero attached hydrogens (tertiary/aromatic N) is 1. The zero-order valence-corrected chi connectivity index (χ0v) is 13.4. The summed E-state index contributed by atoms with van der Waals surface area (Å²) in [6, 6.07) is 5.99. The molecule has 0 saturated carbocycles. The Morgan fingerprint density at radius 1 is 1.29 bits per heavy atom. The number of rotatable bonds is 6. The van der Waals surface area contributed by atoms with E-state index in [9.17, 15) is 15.0 Å². The summed E-state index contributed by atoms with van der Waals surface area (Å²) in [5.74, 6) is 0.173. The van der Waals surface area contributed by atoms with Crippen molar-refractivity contribution >= 4 is 11.7 Å². The van der Waals surface area contributed by atoms with E-state index in [1.54, 1.807) is 19.1 Å². The van der Waals surface area contributed by atoms with E-state index < -0.39 is 5.97 Å². The number of methoxy groups -OCH3 is 1. The lowest BCUT2D eigenvalue weighted by atomic mass is 10.0. The molecule has 0 aliphatic carbocycles. The zero-order valence-electron chi connectivity index (χ0n) is 13.4. The van der Waals surface area contributed by atoms with Gasteiger partial charge in [-0.3, -0.25) is 4.79 Å².